The van der Waals surface area contributed by atoms with Gasteiger partial charge < -0.3 is 15.2 Å². The standard InChI is InChI=1S/C22H26N6O2S2/c1-6-10-28-18(12-23-20(30)17-9-7-8-13(2)11-17)26-27-22(28)32-16(5)19(29)25-21-24-14(3)15(4)31-21/h6-9,11,16H,1,10,12H2,2-5H3,(H,23,30)(H,24,25,29). The Morgan fingerprint density at radius 2 is 2.06 bits per heavy atom. The minimum Gasteiger partial charge on any atom is -0.345 e. The summed E-state index contributed by atoms with van der Waals surface area (Å²) in [4.78, 5) is 30.5. The van der Waals surface area contributed by atoms with E-state index in [1.165, 1.54) is 23.1 Å². The highest BCUT2D eigenvalue weighted by Crippen LogP contribution is 2.26. The second-order valence-electron chi connectivity index (χ2n) is 7.26. The monoisotopic (exact) mass is 470 g/mol. The Morgan fingerprint density at radius 3 is 2.72 bits per heavy atom. The van der Waals surface area contributed by atoms with E-state index < -0.39 is 5.25 Å². The number of hydrogen-bond acceptors (Lipinski definition) is 7. The van der Waals surface area contributed by atoms with Crippen molar-refractivity contribution in [1.82, 2.24) is 25.1 Å². The van der Waals surface area contributed by atoms with Crippen LogP contribution in [0.5, 0.6) is 0 Å². The van der Waals surface area contributed by atoms with Gasteiger partial charge in [-0.1, -0.05) is 35.5 Å². The van der Waals surface area contributed by atoms with Crippen molar-refractivity contribution in [3.63, 3.8) is 0 Å². The molecule has 1 aromatic carbocycles. The molecule has 8 nitrogen and oxygen atoms in total. The highest BCUT2D eigenvalue weighted by Gasteiger charge is 2.21. The Bertz CT molecular complexity index is 1120. The Labute approximate surface area is 195 Å². The highest BCUT2D eigenvalue weighted by atomic mass is 32.2. The SMILES string of the molecule is C=CCn1c(CNC(=O)c2cccc(C)c2)nnc1SC(C)C(=O)Nc1nc(C)c(C)s1. The number of aromatic nitrogens is 4. The smallest absolute Gasteiger partial charge is 0.251 e. The number of carbonyl (C=O) groups excluding carboxylic acids is 2. The molecule has 1 atom stereocenters. The maximum absolute atomic E-state index is 12.6. The van der Waals surface area contributed by atoms with Gasteiger partial charge in [-0.15, -0.1) is 28.1 Å². The van der Waals surface area contributed by atoms with Gasteiger partial charge in [0, 0.05) is 17.0 Å². The van der Waals surface area contributed by atoms with E-state index in [1.807, 2.05) is 43.5 Å². The zero-order valence-electron chi connectivity index (χ0n) is 18.5. The number of anilines is 1. The van der Waals surface area contributed by atoms with E-state index in [4.69, 9.17) is 0 Å². The van der Waals surface area contributed by atoms with Gasteiger partial charge in [0.15, 0.2) is 16.1 Å². The molecule has 0 radical (unpaired) electrons. The summed E-state index contributed by atoms with van der Waals surface area (Å²) < 4.78 is 1.84. The molecule has 2 amide bonds. The first-order chi connectivity index (χ1) is 15.3. The molecule has 3 aromatic rings. The molecule has 2 aromatic heterocycles. The van der Waals surface area contributed by atoms with Gasteiger partial charge in [-0.2, -0.15) is 0 Å². The molecule has 1 unspecified atom stereocenters. The number of amides is 2. The predicted molar refractivity (Wildman–Crippen MR) is 128 cm³/mol. The zero-order valence-corrected chi connectivity index (χ0v) is 20.1. The number of thiazole rings is 1. The van der Waals surface area contributed by atoms with Crippen molar-refractivity contribution in [3.8, 4) is 0 Å². The van der Waals surface area contributed by atoms with Gasteiger partial charge in [0.05, 0.1) is 17.5 Å². The largest absolute Gasteiger partial charge is 0.345 e. The summed E-state index contributed by atoms with van der Waals surface area (Å²) in [6.07, 6.45) is 1.73. The van der Waals surface area contributed by atoms with Crippen LogP contribution >= 0.6 is 23.1 Å². The van der Waals surface area contributed by atoms with Crippen LogP contribution in [-0.2, 0) is 17.9 Å². The van der Waals surface area contributed by atoms with Crippen LogP contribution in [0.4, 0.5) is 5.13 Å². The quantitative estimate of drug-likeness (QED) is 0.363. The van der Waals surface area contributed by atoms with Gasteiger partial charge >= 0.3 is 0 Å². The van der Waals surface area contributed by atoms with Crippen LogP contribution in [0.25, 0.3) is 0 Å². The minimum absolute atomic E-state index is 0.161. The minimum atomic E-state index is -0.415. The Hall–Kier alpha value is -2.98. The summed E-state index contributed by atoms with van der Waals surface area (Å²) in [5, 5.41) is 14.9. The third-order valence-corrected chi connectivity index (χ3v) is 6.77. The first-order valence-electron chi connectivity index (χ1n) is 10.1. The lowest BCUT2D eigenvalue weighted by Gasteiger charge is -2.12. The number of benzene rings is 1. The Morgan fingerprint density at radius 1 is 1.28 bits per heavy atom. The molecule has 0 aliphatic rings. The highest BCUT2D eigenvalue weighted by molar-refractivity contribution is 8.00. The van der Waals surface area contributed by atoms with E-state index >= 15 is 0 Å². The number of nitrogens with one attached hydrogen (secondary N) is 2. The Kier molecular flexibility index (Phi) is 7.81. The second kappa shape index (κ2) is 10.6. The first-order valence-corrected chi connectivity index (χ1v) is 11.8. The molecule has 10 heteroatoms. The van der Waals surface area contributed by atoms with Crippen LogP contribution in [0.3, 0.4) is 0 Å². The lowest BCUT2D eigenvalue weighted by atomic mass is 10.1. The van der Waals surface area contributed by atoms with E-state index in [2.05, 4.69) is 32.4 Å². The molecule has 0 fully saturated rings. The average Bonchev–Trinajstić information content (AvgIpc) is 3.28. The Balaban J connectivity index is 1.66. The molecular weight excluding hydrogens is 444 g/mol. The molecule has 3 rings (SSSR count). The summed E-state index contributed by atoms with van der Waals surface area (Å²) in [5.41, 5.74) is 2.52. The van der Waals surface area contributed by atoms with Crippen molar-refractivity contribution in [3.05, 3.63) is 64.4 Å². The lowest BCUT2D eigenvalue weighted by molar-refractivity contribution is -0.115. The summed E-state index contributed by atoms with van der Waals surface area (Å²) in [6.45, 7) is 12.1. The van der Waals surface area contributed by atoms with Gasteiger partial charge in [-0.25, -0.2) is 4.98 Å². The van der Waals surface area contributed by atoms with Crippen LogP contribution in [-0.4, -0.2) is 36.8 Å². The molecule has 0 aliphatic carbocycles. The molecule has 0 saturated carbocycles. The van der Waals surface area contributed by atoms with Crippen molar-refractivity contribution in [2.24, 2.45) is 0 Å². The topological polar surface area (TPSA) is 102 Å². The third-order valence-electron chi connectivity index (χ3n) is 4.70. The van der Waals surface area contributed by atoms with E-state index in [0.29, 0.717) is 28.2 Å². The van der Waals surface area contributed by atoms with E-state index in [1.54, 1.807) is 19.1 Å². The van der Waals surface area contributed by atoms with Crippen molar-refractivity contribution in [2.75, 3.05) is 5.32 Å². The second-order valence-corrected chi connectivity index (χ2v) is 9.77. The molecule has 0 bridgehead atoms. The molecular formula is C22H26N6O2S2. The number of thioether (sulfide) groups is 1. The predicted octanol–water partition coefficient (Wildman–Crippen LogP) is 3.90. The van der Waals surface area contributed by atoms with Crippen molar-refractivity contribution >= 4 is 40.0 Å². The summed E-state index contributed by atoms with van der Waals surface area (Å²) >= 11 is 2.75. The number of carbonyl (C=O) groups is 2. The van der Waals surface area contributed by atoms with Gasteiger partial charge in [-0.05, 0) is 39.8 Å². The third kappa shape index (κ3) is 5.83. The number of allylic oxidation sites excluding steroid dienone is 1. The van der Waals surface area contributed by atoms with Gasteiger partial charge in [0.1, 0.15) is 0 Å². The normalized spacial score (nSPS) is 11.8. The number of aryl methyl sites for hydroxylation is 3. The molecule has 32 heavy (non-hydrogen) atoms. The maximum Gasteiger partial charge on any atom is 0.251 e. The van der Waals surface area contributed by atoms with E-state index in [9.17, 15) is 9.59 Å². The van der Waals surface area contributed by atoms with Crippen LogP contribution in [0, 0.1) is 20.8 Å². The van der Waals surface area contributed by atoms with Crippen molar-refractivity contribution in [1.29, 1.82) is 0 Å². The fourth-order valence-corrected chi connectivity index (χ4v) is 4.54. The van der Waals surface area contributed by atoms with Crippen LogP contribution in [0.15, 0.2) is 42.1 Å². The fraction of sp³-hybridized carbons (Fsp3) is 0.318. The van der Waals surface area contributed by atoms with Crippen LogP contribution < -0.4 is 10.6 Å². The fourth-order valence-electron chi connectivity index (χ4n) is 2.84. The molecule has 168 valence electrons. The first kappa shape index (κ1) is 23.7. The summed E-state index contributed by atoms with van der Waals surface area (Å²) in [7, 11) is 0. The summed E-state index contributed by atoms with van der Waals surface area (Å²) in [6, 6.07) is 7.38. The van der Waals surface area contributed by atoms with Gasteiger partial charge in [0.25, 0.3) is 5.91 Å². The molecule has 2 N–H and O–H groups in total. The van der Waals surface area contributed by atoms with Crippen molar-refractivity contribution in [2.45, 2.75) is 51.2 Å². The number of nitrogens with zero attached hydrogens (tertiary/aromatic N) is 4. The van der Waals surface area contributed by atoms with Crippen molar-refractivity contribution < 1.29 is 9.59 Å². The van der Waals surface area contributed by atoms with Gasteiger partial charge in [0.2, 0.25) is 5.91 Å². The molecule has 0 spiro atoms. The maximum atomic E-state index is 12.6. The molecule has 0 saturated heterocycles. The summed E-state index contributed by atoms with van der Waals surface area (Å²) in [5.74, 6) is 0.247. The van der Waals surface area contributed by atoms with E-state index in [-0.39, 0.29) is 18.4 Å². The molecule has 2 heterocycles. The zero-order chi connectivity index (χ0) is 23.3. The number of rotatable bonds is 9. The molecule has 0 aliphatic heterocycles. The van der Waals surface area contributed by atoms with Gasteiger partial charge in [-0.3, -0.25) is 9.59 Å². The van der Waals surface area contributed by atoms with Crippen LogP contribution in [0.2, 0.25) is 0 Å². The van der Waals surface area contributed by atoms with Crippen LogP contribution in [0.1, 0.15) is 39.2 Å². The number of hydrogen-bond donors (Lipinski definition) is 2. The average molecular weight is 471 g/mol. The van der Waals surface area contributed by atoms with E-state index in [0.717, 1.165) is 16.1 Å². The lowest BCUT2D eigenvalue weighted by Crippen LogP contribution is -2.25.